The first-order chi connectivity index (χ1) is 10.2. The van der Waals surface area contributed by atoms with Crippen LogP contribution in [0.3, 0.4) is 0 Å². The zero-order valence-electron chi connectivity index (χ0n) is 13.6. The van der Waals surface area contributed by atoms with E-state index in [0.717, 1.165) is 44.5 Å². The molecule has 1 aromatic rings. The van der Waals surface area contributed by atoms with Crippen molar-refractivity contribution in [3.8, 4) is 0 Å². The summed E-state index contributed by atoms with van der Waals surface area (Å²) in [6.45, 7) is 9.07. The predicted molar refractivity (Wildman–Crippen MR) is 86.1 cm³/mol. The lowest BCUT2D eigenvalue weighted by Gasteiger charge is -2.21. The third kappa shape index (κ3) is 6.12. The zero-order chi connectivity index (χ0) is 15.1. The van der Waals surface area contributed by atoms with Gasteiger partial charge in [-0.05, 0) is 37.4 Å². The molecule has 1 aliphatic carbocycles. The van der Waals surface area contributed by atoms with E-state index in [4.69, 9.17) is 9.72 Å². The summed E-state index contributed by atoms with van der Waals surface area (Å²) in [5.74, 6) is 0.674. The summed E-state index contributed by atoms with van der Waals surface area (Å²) in [7, 11) is 1.77. The van der Waals surface area contributed by atoms with E-state index in [1.54, 1.807) is 7.11 Å². The second-order valence-corrected chi connectivity index (χ2v) is 6.34. The number of pyridine rings is 1. The summed E-state index contributed by atoms with van der Waals surface area (Å²) >= 11 is 0. The number of nitrogens with one attached hydrogen (secondary N) is 1. The Morgan fingerprint density at radius 2 is 2.10 bits per heavy atom. The minimum atomic E-state index is 0.674. The topological polar surface area (TPSA) is 37.4 Å². The van der Waals surface area contributed by atoms with Gasteiger partial charge in [-0.3, -0.25) is 9.88 Å². The summed E-state index contributed by atoms with van der Waals surface area (Å²) in [4.78, 5) is 7.28. The van der Waals surface area contributed by atoms with E-state index >= 15 is 0 Å². The number of rotatable bonds is 10. The van der Waals surface area contributed by atoms with Crippen LogP contribution in [0.5, 0.6) is 0 Å². The number of ether oxygens (including phenoxy) is 1. The van der Waals surface area contributed by atoms with Crippen molar-refractivity contribution in [2.75, 3.05) is 26.8 Å². The molecule has 1 N–H and O–H groups in total. The van der Waals surface area contributed by atoms with E-state index in [9.17, 15) is 0 Å². The molecule has 1 heterocycles. The summed E-state index contributed by atoms with van der Waals surface area (Å²) in [6, 6.07) is 7.10. The normalized spacial score (nSPS) is 15.1. The second-order valence-electron chi connectivity index (χ2n) is 6.34. The molecule has 0 aliphatic heterocycles. The quantitative estimate of drug-likeness (QED) is 0.718. The predicted octanol–water partition coefficient (Wildman–Crippen LogP) is 2.44. The highest BCUT2D eigenvalue weighted by Gasteiger charge is 2.28. The van der Waals surface area contributed by atoms with Crippen molar-refractivity contribution in [3.05, 3.63) is 29.6 Å². The van der Waals surface area contributed by atoms with Gasteiger partial charge in [-0.25, -0.2) is 0 Å². The lowest BCUT2D eigenvalue weighted by atomic mass is 10.2. The van der Waals surface area contributed by atoms with Gasteiger partial charge in [-0.15, -0.1) is 0 Å². The zero-order valence-corrected chi connectivity index (χ0v) is 13.6. The van der Waals surface area contributed by atoms with Gasteiger partial charge in [0, 0.05) is 32.8 Å². The average molecular weight is 291 g/mol. The third-order valence-electron chi connectivity index (χ3n) is 3.73. The molecule has 0 saturated heterocycles. The van der Waals surface area contributed by atoms with Crippen molar-refractivity contribution < 1.29 is 4.74 Å². The van der Waals surface area contributed by atoms with Gasteiger partial charge in [-0.1, -0.05) is 19.9 Å². The molecule has 0 spiro atoms. The molecule has 2 rings (SSSR count). The fourth-order valence-corrected chi connectivity index (χ4v) is 2.45. The molecule has 118 valence electrons. The monoisotopic (exact) mass is 291 g/mol. The summed E-state index contributed by atoms with van der Waals surface area (Å²) in [5.41, 5.74) is 2.30. The molecular formula is C17H29N3O. The minimum Gasteiger partial charge on any atom is -0.383 e. The standard InChI is InChI=1S/C17H29N3O/c1-14(2)11-18-12-15-5-4-6-16(19-15)13-20(9-10-21-3)17-7-8-17/h4-6,14,17-18H,7-13H2,1-3H3. The summed E-state index contributed by atoms with van der Waals surface area (Å²) < 4.78 is 5.22. The van der Waals surface area contributed by atoms with Gasteiger partial charge in [-0.2, -0.15) is 0 Å². The van der Waals surface area contributed by atoms with Crippen LogP contribution in [-0.4, -0.2) is 42.7 Å². The van der Waals surface area contributed by atoms with E-state index in [1.165, 1.54) is 18.5 Å². The molecule has 4 heteroatoms. The van der Waals surface area contributed by atoms with E-state index in [-0.39, 0.29) is 0 Å². The molecule has 1 saturated carbocycles. The first-order valence-corrected chi connectivity index (χ1v) is 8.07. The van der Waals surface area contributed by atoms with Crippen LogP contribution in [0.1, 0.15) is 38.1 Å². The van der Waals surface area contributed by atoms with Crippen LogP contribution in [0.15, 0.2) is 18.2 Å². The van der Waals surface area contributed by atoms with Crippen LogP contribution in [0.2, 0.25) is 0 Å². The van der Waals surface area contributed by atoms with Crippen molar-refractivity contribution in [3.63, 3.8) is 0 Å². The van der Waals surface area contributed by atoms with Crippen molar-refractivity contribution in [1.29, 1.82) is 0 Å². The van der Waals surface area contributed by atoms with Gasteiger partial charge in [0.15, 0.2) is 0 Å². The molecule has 0 amide bonds. The maximum absolute atomic E-state index is 5.22. The van der Waals surface area contributed by atoms with Crippen LogP contribution in [0.25, 0.3) is 0 Å². The lowest BCUT2D eigenvalue weighted by Crippen LogP contribution is -2.29. The highest BCUT2D eigenvalue weighted by Crippen LogP contribution is 2.27. The minimum absolute atomic E-state index is 0.674. The van der Waals surface area contributed by atoms with Crippen molar-refractivity contribution in [1.82, 2.24) is 15.2 Å². The number of hydrogen-bond donors (Lipinski definition) is 1. The summed E-state index contributed by atoms with van der Waals surface area (Å²) in [5, 5.41) is 3.45. The van der Waals surface area contributed by atoms with Crippen molar-refractivity contribution in [2.45, 2.75) is 45.8 Å². The lowest BCUT2D eigenvalue weighted by molar-refractivity contribution is 0.139. The summed E-state index contributed by atoms with van der Waals surface area (Å²) in [6.07, 6.45) is 2.64. The van der Waals surface area contributed by atoms with Gasteiger partial charge in [0.05, 0.1) is 18.0 Å². The number of hydrogen-bond acceptors (Lipinski definition) is 4. The fourth-order valence-electron chi connectivity index (χ4n) is 2.45. The van der Waals surface area contributed by atoms with Gasteiger partial charge >= 0.3 is 0 Å². The van der Waals surface area contributed by atoms with Crippen LogP contribution in [0, 0.1) is 5.92 Å². The highest BCUT2D eigenvalue weighted by molar-refractivity contribution is 5.11. The molecule has 1 fully saturated rings. The Kier molecular flexibility index (Phi) is 6.61. The molecular weight excluding hydrogens is 262 g/mol. The fraction of sp³-hybridized carbons (Fsp3) is 0.706. The van der Waals surface area contributed by atoms with Crippen molar-refractivity contribution in [2.24, 2.45) is 5.92 Å². The number of nitrogens with zero attached hydrogens (tertiary/aromatic N) is 2. The molecule has 0 atom stereocenters. The Morgan fingerprint density at radius 1 is 1.33 bits per heavy atom. The Labute approximate surface area is 128 Å². The molecule has 1 aromatic heterocycles. The van der Waals surface area contributed by atoms with Crippen LogP contribution in [-0.2, 0) is 17.8 Å². The molecule has 4 nitrogen and oxygen atoms in total. The van der Waals surface area contributed by atoms with Gasteiger partial charge < -0.3 is 10.1 Å². The highest BCUT2D eigenvalue weighted by atomic mass is 16.5. The molecule has 0 aromatic carbocycles. The number of aromatic nitrogens is 1. The molecule has 0 bridgehead atoms. The average Bonchev–Trinajstić information content (AvgIpc) is 3.28. The SMILES string of the molecule is COCCN(Cc1cccc(CNCC(C)C)n1)C1CC1. The number of methoxy groups -OCH3 is 1. The smallest absolute Gasteiger partial charge is 0.0589 e. The Hall–Kier alpha value is -0.970. The maximum atomic E-state index is 5.22. The first-order valence-electron chi connectivity index (χ1n) is 8.07. The molecule has 21 heavy (non-hydrogen) atoms. The Balaban J connectivity index is 1.86. The Morgan fingerprint density at radius 3 is 2.76 bits per heavy atom. The van der Waals surface area contributed by atoms with E-state index in [0.29, 0.717) is 5.92 Å². The van der Waals surface area contributed by atoms with E-state index in [1.807, 2.05) is 0 Å². The van der Waals surface area contributed by atoms with Gasteiger partial charge in [0.1, 0.15) is 0 Å². The third-order valence-corrected chi connectivity index (χ3v) is 3.73. The maximum Gasteiger partial charge on any atom is 0.0589 e. The van der Waals surface area contributed by atoms with E-state index in [2.05, 4.69) is 42.3 Å². The largest absolute Gasteiger partial charge is 0.383 e. The van der Waals surface area contributed by atoms with Crippen LogP contribution >= 0.6 is 0 Å². The van der Waals surface area contributed by atoms with Crippen molar-refractivity contribution >= 4 is 0 Å². The van der Waals surface area contributed by atoms with Crippen LogP contribution in [0.4, 0.5) is 0 Å². The first kappa shape index (κ1) is 16.4. The van der Waals surface area contributed by atoms with Gasteiger partial charge in [0.25, 0.3) is 0 Å². The molecule has 0 radical (unpaired) electrons. The van der Waals surface area contributed by atoms with Crippen LogP contribution < -0.4 is 5.32 Å². The second kappa shape index (κ2) is 8.47. The van der Waals surface area contributed by atoms with Gasteiger partial charge in [0.2, 0.25) is 0 Å². The molecule has 0 unspecified atom stereocenters. The molecule has 1 aliphatic rings. The Bertz CT molecular complexity index is 418. The van der Waals surface area contributed by atoms with E-state index < -0.39 is 0 Å².